The Morgan fingerprint density at radius 3 is 1.50 bits per heavy atom. The summed E-state index contributed by atoms with van der Waals surface area (Å²) in [6.07, 6.45) is 28.5. The zero-order valence-corrected chi connectivity index (χ0v) is 20.8. The SMILES string of the molecule is CCCCCCCCCCCCCCCCCCC[n+]1ccn(S(=O)(=O)N(C)C)c1. The van der Waals surface area contributed by atoms with Gasteiger partial charge in [0.25, 0.3) is 6.33 Å². The number of hydrogen-bond acceptors (Lipinski definition) is 2. The maximum atomic E-state index is 12.1. The Morgan fingerprint density at radius 2 is 1.10 bits per heavy atom. The average Bonchev–Trinajstić information content (AvgIpc) is 3.20. The highest BCUT2D eigenvalue weighted by Crippen LogP contribution is 2.14. The lowest BCUT2D eigenvalue weighted by Crippen LogP contribution is -2.33. The molecule has 0 spiro atoms. The van der Waals surface area contributed by atoms with Crippen LogP contribution in [0.25, 0.3) is 0 Å². The van der Waals surface area contributed by atoms with Gasteiger partial charge in [0.15, 0.2) is 0 Å². The van der Waals surface area contributed by atoms with Crippen molar-refractivity contribution in [3.05, 3.63) is 18.7 Å². The van der Waals surface area contributed by atoms with E-state index in [1.165, 1.54) is 111 Å². The summed E-state index contributed by atoms with van der Waals surface area (Å²) in [7, 11) is -0.285. The molecule has 0 N–H and O–H groups in total. The molecule has 0 unspecified atom stereocenters. The first-order valence-corrected chi connectivity index (χ1v) is 13.9. The molecular formula is C24H48N3O2S+. The van der Waals surface area contributed by atoms with Crippen molar-refractivity contribution < 1.29 is 13.0 Å². The van der Waals surface area contributed by atoms with Crippen LogP contribution in [0.2, 0.25) is 0 Å². The topological polar surface area (TPSA) is 46.2 Å². The second-order valence-electron chi connectivity index (χ2n) is 8.93. The summed E-state index contributed by atoms with van der Waals surface area (Å²) >= 11 is 0. The standard InChI is InChI=1S/C24H48N3O2S/c1-4-5-6-7-8-9-10-11-12-13-14-15-16-17-18-19-20-21-26-22-23-27(24-26)30(28,29)25(2)3/h22-24H,4-21H2,1-3H3/q+1. The normalized spacial score (nSPS) is 12.1. The Hall–Kier alpha value is -0.880. The van der Waals surface area contributed by atoms with Crippen LogP contribution in [-0.2, 0) is 16.8 Å². The molecule has 0 aliphatic carbocycles. The van der Waals surface area contributed by atoms with E-state index in [4.69, 9.17) is 0 Å². The van der Waals surface area contributed by atoms with Crippen molar-refractivity contribution in [3.63, 3.8) is 0 Å². The van der Waals surface area contributed by atoms with E-state index in [9.17, 15) is 8.42 Å². The third-order valence-electron chi connectivity index (χ3n) is 5.91. The van der Waals surface area contributed by atoms with E-state index in [1.54, 1.807) is 26.6 Å². The van der Waals surface area contributed by atoms with Crippen LogP contribution in [0.3, 0.4) is 0 Å². The molecule has 1 rings (SSSR count). The van der Waals surface area contributed by atoms with E-state index >= 15 is 0 Å². The Balaban J connectivity index is 1.88. The summed E-state index contributed by atoms with van der Waals surface area (Å²) < 4.78 is 28.6. The molecule has 1 heterocycles. The summed E-state index contributed by atoms with van der Waals surface area (Å²) in [5.74, 6) is 0. The summed E-state index contributed by atoms with van der Waals surface area (Å²) in [6, 6.07) is 0. The van der Waals surface area contributed by atoms with Crippen molar-refractivity contribution in [2.75, 3.05) is 14.1 Å². The number of aromatic nitrogens is 2. The van der Waals surface area contributed by atoms with E-state index in [0.717, 1.165) is 13.0 Å². The molecule has 5 nitrogen and oxygen atoms in total. The Labute approximate surface area is 187 Å². The summed E-state index contributed by atoms with van der Waals surface area (Å²) in [4.78, 5) is 0. The van der Waals surface area contributed by atoms with Crippen LogP contribution in [0.15, 0.2) is 18.7 Å². The molecule has 0 saturated carbocycles. The largest absolute Gasteiger partial charge is 0.379 e. The second-order valence-corrected chi connectivity index (χ2v) is 11.0. The molecular weight excluding hydrogens is 394 g/mol. The van der Waals surface area contributed by atoms with Gasteiger partial charge in [0.05, 0.1) is 6.54 Å². The lowest BCUT2D eigenvalue weighted by atomic mass is 10.0. The Morgan fingerprint density at radius 1 is 0.700 bits per heavy atom. The lowest BCUT2D eigenvalue weighted by Gasteiger charge is -2.05. The highest BCUT2D eigenvalue weighted by Gasteiger charge is 2.22. The minimum atomic E-state index is -3.39. The second kappa shape index (κ2) is 16.8. The molecule has 0 saturated heterocycles. The predicted octanol–water partition coefficient (Wildman–Crippen LogP) is 6.08. The van der Waals surface area contributed by atoms with Crippen molar-refractivity contribution in [1.82, 2.24) is 8.28 Å². The smallest absolute Gasteiger partial charge is 0.236 e. The van der Waals surface area contributed by atoms with Crippen molar-refractivity contribution in [3.8, 4) is 0 Å². The number of aryl methyl sites for hydroxylation is 1. The first-order chi connectivity index (χ1) is 14.5. The van der Waals surface area contributed by atoms with Gasteiger partial charge in [-0.15, -0.1) is 3.97 Å². The molecule has 0 radical (unpaired) electrons. The minimum Gasteiger partial charge on any atom is -0.236 e. The van der Waals surface area contributed by atoms with Gasteiger partial charge in [0.1, 0.15) is 12.4 Å². The molecule has 30 heavy (non-hydrogen) atoms. The van der Waals surface area contributed by atoms with Crippen molar-refractivity contribution >= 4 is 10.2 Å². The molecule has 176 valence electrons. The Bertz CT molecular complexity index is 626. The number of hydrogen-bond donors (Lipinski definition) is 0. The molecule has 0 amide bonds. The Kier molecular flexibility index (Phi) is 15.2. The molecule has 0 fully saturated rings. The van der Waals surface area contributed by atoms with Gasteiger partial charge in [-0.25, -0.2) is 4.57 Å². The van der Waals surface area contributed by atoms with Gasteiger partial charge < -0.3 is 0 Å². The maximum Gasteiger partial charge on any atom is 0.379 e. The van der Waals surface area contributed by atoms with Crippen LogP contribution >= 0.6 is 0 Å². The van der Waals surface area contributed by atoms with Gasteiger partial charge in [0.2, 0.25) is 0 Å². The molecule has 0 aliphatic heterocycles. The quantitative estimate of drug-likeness (QED) is 0.181. The average molecular weight is 443 g/mol. The summed E-state index contributed by atoms with van der Waals surface area (Å²) in [6.45, 7) is 3.17. The van der Waals surface area contributed by atoms with Crippen molar-refractivity contribution in [2.24, 2.45) is 0 Å². The molecule has 1 aromatic rings. The molecule has 6 heteroatoms. The molecule has 0 atom stereocenters. The fraction of sp³-hybridized carbons (Fsp3) is 0.875. The molecule has 1 aromatic heterocycles. The number of unbranched alkanes of at least 4 members (excludes halogenated alkanes) is 16. The van der Waals surface area contributed by atoms with Crippen LogP contribution in [0.4, 0.5) is 0 Å². The monoisotopic (exact) mass is 442 g/mol. The fourth-order valence-electron chi connectivity index (χ4n) is 3.85. The minimum absolute atomic E-state index is 0.883. The van der Waals surface area contributed by atoms with E-state index in [1.807, 2.05) is 10.8 Å². The first-order valence-electron chi connectivity index (χ1n) is 12.5. The lowest BCUT2D eigenvalue weighted by molar-refractivity contribution is -0.696. The predicted molar refractivity (Wildman–Crippen MR) is 127 cm³/mol. The van der Waals surface area contributed by atoms with E-state index in [-0.39, 0.29) is 0 Å². The van der Waals surface area contributed by atoms with Crippen LogP contribution in [0.5, 0.6) is 0 Å². The van der Waals surface area contributed by atoms with Crippen LogP contribution in [0, 0.1) is 0 Å². The first kappa shape index (κ1) is 27.2. The molecule has 0 aliphatic rings. The number of nitrogens with zero attached hydrogens (tertiary/aromatic N) is 3. The van der Waals surface area contributed by atoms with Gasteiger partial charge in [0, 0.05) is 14.1 Å². The van der Waals surface area contributed by atoms with Crippen LogP contribution in [0.1, 0.15) is 116 Å². The molecule has 0 aromatic carbocycles. The van der Waals surface area contributed by atoms with Gasteiger partial charge in [-0.3, -0.25) is 0 Å². The van der Waals surface area contributed by atoms with Crippen LogP contribution < -0.4 is 4.57 Å². The van der Waals surface area contributed by atoms with Crippen molar-refractivity contribution in [2.45, 2.75) is 123 Å². The third kappa shape index (κ3) is 12.1. The number of rotatable bonds is 20. The third-order valence-corrected chi connectivity index (χ3v) is 7.59. The van der Waals surface area contributed by atoms with Crippen molar-refractivity contribution in [1.29, 1.82) is 0 Å². The van der Waals surface area contributed by atoms with E-state index < -0.39 is 10.2 Å². The highest BCUT2D eigenvalue weighted by molar-refractivity contribution is 7.87. The van der Waals surface area contributed by atoms with Gasteiger partial charge in [-0.05, 0) is 12.8 Å². The molecule has 0 bridgehead atoms. The number of imidazole rings is 1. The van der Waals surface area contributed by atoms with Gasteiger partial charge >= 0.3 is 10.2 Å². The van der Waals surface area contributed by atoms with E-state index in [0.29, 0.717) is 0 Å². The van der Waals surface area contributed by atoms with Crippen LogP contribution in [-0.4, -0.2) is 30.8 Å². The summed E-state index contributed by atoms with van der Waals surface area (Å²) in [5.41, 5.74) is 0. The summed E-state index contributed by atoms with van der Waals surface area (Å²) in [5, 5.41) is 0. The highest BCUT2D eigenvalue weighted by atomic mass is 32.2. The maximum absolute atomic E-state index is 12.1. The van der Waals surface area contributed by atoms with E-state index in [2.05, 4.69) is 6.92 Å². The zero-order chi connectivity index (χ0) is 22.1. The fourth-order valence-corrected chi connectivity index (χ4v) is 4.68. The van der Waals surface area contributed by atoms with Gasteiger partial charge in [-0.1, -0.05) is 103 Å². The zero-order valence-electron chi connectivity index (χ0n) is 20.0. The van der Waals surface area contributed by atoms with Gasteiger partial charge in [-0.2, -0.15) is 12.7 Å².